The Labute approximate surface area is 122 Å². The smallest absolute Gasteiger partial charge is 0.0474 e. The Balaban J connectivity index is 1.78. The van der Waals surface area contributed by atoms with Crippen molar-refractivity contribution in [3.8, 4) is 12.3 Å². The molecule has 1 N–H and O–H groups in total. The normalized spacial score (nSPS) is 25.6. The minimum absolute atomic E-state index is 0.361. The highest BCUT2D eigenvalue weighted by Crippen LogP contribution is 2.36. The van der Waals surface area contributed by atoms with Crippen LogP contribution < -0.4 is 5.32 Å². The van der Waals surface area contributed by atoms with Crippen molar-refractivity contribution >= 4 is 0 Å². The van der Waals surface area contributed by atoms with Crippen molar-refractivity contribution in [2.45, 2.75) is 43.7 Å². The Hall–Kier alpha value is -1.30. The second kappa shape index (κ2) is 5.99. The fraction of sp³-hybridized carbons (Fsp3) is 0.556. The first-order valence-electron chi connectivity index (χ1n) is 7.80. The Morgan fingerprint density at radius 2 is 2.00 bits per heavy atom. The van der Waals surface area contributed by atoms with Crippen LogP contribution in [0.5, 0.6) is 0 Å². The summed E-state index contributed by atoms with van der Waals surface area (Å²) in [4.78, 5) is 2.61. The molecule has 2 heteroatoms. The monoisotopic (exact) mass is 268 g/mol. The zero-order valence-corrected chi connectivity index (χ0v) is 12.1. The first kappa shape index (κ1) is 13.7. The van der Waals surface area contributed by atoms with E-state index in [4.69, 9.17) is 6.42 Å². The number of hydrogen-bond acceptors (Lipinski definition) is 2. The van der Waals surface area contributed by atoms with Crippen LogP contribution in [0, 0.1) is 12.3 Å². The van der Waals surface area contributed by atoms with E-state index in [9.17, 15) is 0 Å². The van der Waals surface area contributed by atoms with Crippen molar-refractivity contribution in [1.29, 1.82) is 0 Å². The fourth-order valence-corrected chi connectivity index (χ4v) is 3.83. The van der Waals surface area contributed by atoms with Gasteiger partial charge in [0.05, 0.1) is 0 Å². The van der Waals surface area contributed by atoms with Crippen LogP contribution in [0.3, 0.4) is 0 Å². The molecule has 1 unspecified atom stereocenters. The second-order valence-corrected chi connectivity index (χ2v) is 6.22. The van der Waals surface area contributed by atoms with E-state index in [1.165, 1.54) is 31.2 Å². The third-order valence-corrected chi connectivity index (χ3v) is 4.91. The number of nitrogens with one attached hydrogen (secondary N) is 1. The van der Waals surface area contributed by atoms with E-state index >= 15 is 0 Å². The molecule has 0 amide bonds. The molecule has 1 heterocycles. The van der Waals surface area contributed by atoms with Gasteiger partial charge in [-0.25, -0.2) is 0 Å². The van der Waals surface area contributed by atoms with Crippen LogP contribution >= 0.6 is 0 Å². The van der Waals surface area contributed by atoms with Crippen LogP contribution in [0.2, 0.25) is 0 Å². The summed E-state index contributed by atoms with van der Waals surface area (Å²) in [6.07, 6.45) is 11.7. The van der Waals surface area contributed by atoms with Crippen molar-refractivity contribution in [1.82, 2.24) is 10.2 Å². The van der Waals surface area contributed by atoms with Gasteiger partial charge >= 0.3 is 0 Å². The number of terminal acetylenes is 1. The Morgan fingerprint density at radius 3 is 2.70 bits per heavy atom. The topological polar surface area (TPSA) is 15.3 Å². The predicted molar refractivity (Wildman–Crippen MR) is 83.4 cm³/mol. The number of rotatable bonds is 3. The molecule has 2 nitrogen and oxygen atoms in total. The molecule has 0 aromatic heterocycles. The van der Waals surface area contributed by atoms with Gasteiger partial charge in [0.25, 0.3) is 0 Å². The molecule has 1 aliphatic heterocycles. The summed E-state index contributed by atoms with van der Waals surface area (Å²) in [5, 5.41) is 3.86. The van der Waals surface area contributed by atoms with Crippen LogP contribution in [0.4, 0.5) is 0 Å². The third-order valence-electron chi connectivity index (χ3n) is 4.91. The van der Waals surface area contributed by atoms with Crippen LogP contribution in [-0.2, 0) is 0 Å². The van der Waals surface area contributed by atoms with Crippen LogP contribution in [0.1, 0.15) is 43.7 Å². The first-order chi connectivity index (χ1) is 9.83. The minimum Gasteiger partial charge on any atom is -0.308 e. The molecule has 0 bridgehead atoms. The van der Waals surface area contributed by atoms with Crippen molar-refractivity contribution < 1.29 is 0 Å². The highest BCUT2D eigenvalue weighted by atomic mass is 15.3. The molecular weight excluding hydrogens is 244 g/mol. The highest BCUT2D eigenvalue weighted by Gasteiger charge is 2.41. The molecule has 3 rings (SSSR count). The molecule has 1 saturated carbocycles. The quantitative estimate of drug-likeness (QED) is 0.848. The number of piperazine rings is 1. The molecule has 1 spiro atoms. The third kappa shape index (κ3) is 2.75. The Kier molecular flexibility index (Phi) is 4.10. The van der Waals surface area contributed by atoms with Gasteiger partial charge in [-0.1, -0.05) is 43.2 Å². The van der Waals surface area contributed by atoms with E-state index in [0.717, 1.165) is 26.1 Å². The lowest BCUT2D eigenvalue weighted by Gasteiger charge is -2.46. The molecule has 106 valence electrons. The van der Waals surface area contributed by atoms with Crippen molar-refractivity contribution in [3.05, 3.63) is 35.9 Å². The highest BCUT2D eigenvalue weighted by molar-refractivity contribution is 5.21. The Bertz CT molecular complexity index is 468. The van der Waals surface area contributed by atoms with E-state index in [1.54, 1.807) is 0 Å². The van der Waals surface area contributed by atoms with E-state index in [2.05, 4.69) is 46.5 Å². The second-order valence-electron chi connectivity index (χ2n) is 6.22. The summed E-state index contributed by atoms with van der Waals surface area (Å²) in [6.45, 7) is 3.21. The van der Waals surface area contributed by atoms with E-state index in [0.29, 0.717) is 11.6 Å². The lowest BCUT2D eigenvalue weighted by atomic mass is 9.90. The average molecular weight is 268 g/mol. The lowest BCUT2D eigenvalue weighted by molar-refractivity contribution is 0.0823. The number of hydrogen-bond donors (Lipinski definition) is 1. The molecule has 0 radical (unpaired) electrons. The van der Waals surface area contributed by atoms with Crippen LogP contribution in [-0.4, -0.2) is 30.1 Å². The van der Waals surface area contributed by atoms with Crippen LogP contribution in [0.25, 0.3) is 0 Å². The molecule has 1 aromatic carbocycles. The summed E-state index contributed by atoms with van der Waals surface area (Å²) in [5.74, 6) is 2.80. The Morgan fingerprint density at radius 1 is 1.25 bits per heavy atom. The van der Waals surface area contributed by atoms with Crippen LogP contribution in [0.15, 0.2) is 30.3 Å². The molecular formula is C18H24N2. The van der Waals surface area contributed by atoms with Gasteiger partial charge in [-0.2, -0.15) is 0 Å². The lowest BCUT2D eigenvalue weighted by Crippen LogP contribution is -2.60. The van der Waals surface area contributed by atoms with E-state index in [-0.39, 0.29) is 0 Å². The van der Waals surface area contributed by atoms with Gasteiger partial charge in [0, 0.05) is 37.6 Å². The van der Waals surface area contributed by atoms with Gasteiger partial charge in [0.2, 0.25) is 0 Å². The van der Waals surface area contributed by atoms with Crippen molar-refractivity contribution in [2.75, 3.05) is 19.6 Å². The van der Waals surface area contributed by atoms with Gasteiger partial charge in [-0.3, -0.25) is 4.90 Å². The van der Waals surface area contributed by atoms with Crippen molar-refractivity contribution in [2.24, 2.45) is 0 Å². The fourth-order valence-electron chi connectivity index (χ4n) is 3.83. The zero-order chi connectivity index (χ0) is 13.8. The molecule has 1 aromatic rings. The summed E-state index contributed by atoms with van der Waals surface area (Å²) >= 11 is 0. The van der Waals surface area contributed by atoms with Gasteiger partial charge < -0.3 is 5.32 Å². The zero-order valence-electron chi connectivity index (χ0n) is 12.1. The summed E-state index contributed by atoms with van der Waals surface area (Å²) in [6, 6.07) is 11.3. The van der Waals surface area contributed by atoms with Gasteiger partial charge in [-0.15, -0.1) is 12.3 Å². The molecule has 1 saturated heterocycles. The van der Waals surface area contributed by atoms with E-state index in [1.807, 2.05) is 0 Å². The largest absolute Gasteiger partial charge is 0.308 e. The molecule has 20 heavy (non-hydrogen) atoms. The summed E-state index contributed by atoms with van der Waals surface area (Å²) < 4.78 is 0. The minimum atomic E-state index is 0.361. The van der Waals surface area contributed by atoms with Gasteiger partial charge in [-0.05, 0) is 18.4 Å². The van der Waals surface area contributed by atoms with Gasteiger partial charge in [0.1, 0.15) is 0 Å². The maximum absolute atomic E-state index is 5.48. The molecule has 1 aliphatic carbocycles. The van der Waals surface area contributed by atoms with Crippen molar-refractivity contribution in [3.63, 3.8) is 0 Å². The molecule has 2 aliphatic rings. The molecule has 2 fully saturated rings. The maximum Gasteiger partial charge on any atom is 0.0474 e. The predicted octanol–water partition coefficient (Wildman–Crippen LogP) is 2.97. The number of benzene rings is 1. The maximum atomic E-state index is 5.48. The number of nitrogens with zero attached hydrogens (tertiary/aromatic N) is 1. The summed E-state index contributed by atoms with van der Waals surface area (Å²) in [5.41, 5.74) is 1.77. The summed E-state index contributed by atoms with van der Waals surface area (Å²) in [7, 11) is 0. The standard InChI is InChI=1S/C18H24N2/c1-2-3-13-20-15-18(11-7-8-12-18)19-14-17(20)16-9-5-4-6-10-16/h1,4-6,9-10,17,19H,3,7-8,11-15H2. The SMILES string of the molecule is C#CCCN1CC2(CCCC2)NCC1c1ccccc1. The average Bonchev–Trinajstić information content (AvgIpc) is 2.94. The molecule has 1 atom stereocenters. The van der Waals surface area contributed by atoms with Gasteiger partial charge in [0.15, 0.2) is 0 Å². The first-order valence-corrected chi connectivity index (χ1v) is 7.80. The van der Waals surface area contributed by atoms with E-state index < -0.39 is 0 Å².